The zero-order valence-corrected chi connectivity index (χ0v) is 12.5. The summed E-state index contributed by atoms with van der Waals surface area (Å²) in [5.41, 5.74) is 7.40. The van der Waals surface area contributed by atoms with Crippen molar-refractivity contribution < 1.29 is 4.79 Å². The molecule has 104 valence electrons. The smallest absolute Gasteiger partial charge is 0.234 e. The summed E-state index contributed by atoms with van der Waals surface area (Å²) >= 11 is 4.95. The Bertz CT molecular complexity index is 460. The van der Waals surface area contributed by atoms with Crippen LogP contribution in [-0.4, -0.2) is 25.0 Å². The minimum Gasteiger partial charge on any atom is -0.393 e. The molecule has 1 aromatic carbocycles. The summed E-state index contributed by atoms with van der Waals surface area (Å²) in [7, 11) is 3.91. The summed E-state index contributed by atoms with van der Waals surface area (Å²) < 4.78 is 0. The van der Waals surface area contributed by atoms with Crippen molar-refractivity contribution in [2.45, 2.75) is 19.8 Å². The lowest BCUT2D eigenvalue weighted by Crippen LogP contribution is -2.33. The van der Waals surface area contributed by atoms with E-state index in [0.717, 1.165) is 17.8 Å². The van der Waals surface area contributed by atoms with E-state index >= 15 is 0 Å². The van der Waals surface area contributed by atoms with Crippen LogP contribution in [-0.2, 0) is 4.79 Å². The fourth-order valence-electron chi connectivity index (χ4n) is 1.78. The van der Waals surface area contributed by atoms with Crippen LogP contribution >= 0.6 is 12.2 Å². The third-order valence-electron chi connectivity index (χ3n) is 2.87. The van der Waals surface area contributed by atoms with Gasteiger partial charge in [-0.15, -0.1) is 0 Å². The second-order valence-corrected chi connectivity index (χ2v) is 5.15. The third kappa shape index (κ3) is 4.52. The molecule has 0 spiro atoms. The quantitative estimate of drug-likeness (QED) is 0.785. The molecule has 0 aliphatic carbocycles. The number of carbonyl (C=O) groups is 1. The van der Waals surface area contributed by atoms with Crippen molar-refractivity contribution in [1.29, 1.82) is 0 Å². The number of benzene rings is 1. The van der Waals surface area contributed by atoms with E-state index in [1.54, 1.807) is 0 Å². The molecule has 0 aliphatic rings. The lowest BCUT2D eigenvalue weighted by Gasteiger charge is -2.17. The van der Waals surface area contributed by atoms with Crippen molar-refractivity contribution in [2.75, 3.05) is 24.3 Å². The van der Waals surface area contributed by atoms with Crippen molar-refractivity contribution in [3.05, 3.63) is 24.3 Å². The molecule has 0 saturated carbocycles. The maximum Gasteiger partial charge on any atom is 0.234 e. The van der Waals surface area contributed by atoms with Crippen LogP contribution in [0.1, 0.15) is 19.8 Å². The predicted octanol–water partition coefficient (Wildman–Crippen LogP) is 2.39. The summed E-state index contributed by atoms with van der Waals surface area (Å²) in [5.74, 6) is -0.534. The lowest BCUT2D eigenvalue weighted by atomic mass is 10.0. The average Bonchev–Trinajstić information content (AvgIpc) is 2.35. The Morgan fingerprint density at radius 2 is 2.16 bits per heavy atom. The van der Waals surface area contributed by atoms with Gasteiger partial charge in [0, 0.05) is 25.5 Å². The van der Waals surface area contributed by atoms with Crippen molar-refractivity contribution in [3.63, 3.8) is 0 Å². The van der Waals surface area contributed by atoms with Gasteiger partial charge in [0.1, 0.15) is 0 Å². The number of amides is 1. The van der Waals surface area contributed by atoms with E-state index in [4.69, 9.17) is 18.0 Å². The molecule has 1 unspecified atom stereocenters. The molecule has 1 atom stereocenters. The number of anilines is 2. The molecular weight excluding hydrogens is 258 g/mol. The minimum atomic E-state index is -0.400. The molecule has 0 radical (unpaired) electrons. The predicted molar refractivity (Wildman–Crippen MR) is 84.6 cm³/mol. The number of hydrogen-bond acceptors (Lipinski definition) is 3. The highest BCUT2D eigenvalue weighted by Crippen LogP contribution is 2.18. The first kappa shape index (κ1) is 15.4. The molecule has 5 heteroatoms. The van der Waals surface area contributed by atoms with E-state index in [0.29, 0.717) is 6.42 Å². The van der Waals surface area contributed by atoms with Crippen LogP contribution in [0.5, 0.6) is 0 Å². The SMILES string of the molecule is CCCC(C(=O)Nc1cccc(N(C)C)c1)C(N)=S. The van der Waals surface area contributed by atoms with Gasteiger partial charge in [0.25, 0.3) is 0 Å². The highest BCUT2D eigenvalue weighted by molar-refractivity contribution is 7.80. The topological polar surface area (TPSA) is 58.4 Å². The summed E-state index contributed by atoms with van der Waals surface area (Å²) in [6.45, 7) is 2.01. The minimum absolute atomic E-state index is 0.134. The molecule has 19 heavy (non-hydrogen) atoms. The summed E-state index contributed by atoms with van der Waals surface area (Å²) in [5, 5.41) is 2.87. The van der Waals surface area contributed by atoms with Crippen LogP contribution in [0.2, 0.25) is 0 Å². The van der Waals surface area contributed by atoms with Crippen LogP contribution in [0.4, 0.5) is 11.4 Å². The van der Waals surface area contributed by atoms with Crippen LogP contribution in [0, 0.1) is 5.92 Å². The van der Waals surface area contributed by atoms with Crippen molar-refractivity contribution in [2.24, 2.45) is 11.7 Å². The van der Waals surface area contributed by atoms with E-state index in [2.05, 4.69) is 5.32 Å². The van der Waals surface area contributed by atoms with Crippen LogP contribution in [0.25, 0.3) is 0 Å². The fraction of sp³-hybridized carbons (Fsp3) is 0.429. The maximum atomic E-state index is 12.1. The monoisotopic (exact) mass is 279 g/mol. The first-order valence-electron chi connectivity index (χ1n) is 6.33. The highest BCUT2D eigenvalue weighted by Gasteiger charge is 2.20. The Morgan fingerprint density at radius 3 is 2.68 bits per heavy atom. The molecule has 0 fully saturated rings. The lowest BCUT2D eigenvalue weighted by molar-refractivity contribution is -0.118. The second kappa shape index (κ2) is 7.09. The average molecular weight is 279 g/mol. The normalized spacial score (nSPS) is 11.7. The number of nitrogens with two attached hydrogens (primary N) is 1. The van der Waals surface area contributed by atoms with Gasteiger partial charge in [0.05, 0.1) is 10.9 Å². The van der Waals surface area contributed by atoms with Gasteiger partial charge in [0.15, 0.2) is 0 Å². The van der Waals surface area contributed by atoms with Crippen molar-refractivity contribution in [1.82, 2.24) is 0 Å². The largest absolute Gasteiger partial charge is 0.393 e. The van der Waals surface area contributed by atoms with E-state index in [-0.39, 0.29) is 10.9 Å². The number of nitrogens with zero attached hydrogens (tertiary/aromatic N) is 1. The molecular formula is C14H21N3OS. The molecule has 4 nitrogen and oxygen atoms in total. The number of carbonyl (C=O) groups excluding carboxylic acids is 1. The molecule has 3 N–H and O–H groups in total. The summed E-state index contributed by atoms with van der Waals surface area (Å²) in [6.07, 6.45) is 1.54. The Balaban J connectivity index is 2.80. The Kier molecular flexibility index (Phi) is 5.76. The van der Waals surface area contributed by atoms with Crippen LogP contribution in [0.3, 0.4) is 0 Å². The van der Waals surface area contributed by atoms with Gasteiger partial charge in [0.2, 0.25) is 5.91 Å². The molecule has 0 aliphatic heterocycles. The summed E-state index contributed by atoms with van der Waals surface area (Å²) in [6, 6.07) is 7.65. The van der Waals surface area contributed by atoms with E-state index in [1.165, 1.54) is 0 Å². The Hall–Kier alpha value is -1.62. The molecule has 1 rings (SSSR count). The van der Waals surface area contributed by atoms with Gasteiger partial charge in [-0.2, -0.15) is 0 Å². The van der Waals surface area contributed by atoms with Gasteiger partial charge in [-0.25, -0.2) is 0 Å². The number of rotatable bonds is 6. The maximum absolute atomic E-state index is 12.1. The van der Waals surface area contributed by atoms with Gasteiger partial charge < -0.3 is 16.0 Å². The van der Waals surface area contributed by atoms with Gasteiger partial charge in [-0.05, 0) is 24.6 Å². The number of hydrogen-bond donors (Lipinski definition) is 2. The van der Waals surface area contributed by atoms with Gasteiger partial charge >= 0.3 is 0 Å². The number of nitrogens with one attached hydrogen (secondary N) is 1. The number of thiocarbonyl (C=S) groups is 1. The standard InChI is InChI=1S/C14H21N3OS/c1-4-6-12(13(15)19)14(18)16-10-7-5-8-11(9-10)17(2)3/h5,7-9,12H,4,6H2,1-3H3,(H2,15,19)(H,16,18). The third-order valence-corrected chi connectivity index (χ3v) is 3.15. The molecule has 1 amide bonds. The molecule has 0 aromatic heterocycles. The highest BCUT2D eigenvalue weighted by atomic mass is 32.1. The first-order chi connectivity index (χ1) is 8.95. The zero-order valence-electron chi connectivity index (χ0n) is 11.6. The van der Waals surface area contributed by atoms with Crippen LogP contribution in [0.15, 0.2) is 24.3 Å². The Labute approximate surface area is 120 Å². The van der Waals surface area contributed by atoms with Gasteiger partial charge in [-0.3, -0.25) is 4.79 Å². The molecule has 0 heterocycles. The zero-order chi connectivity index (χ0) is 14.4. The summed E-state index contributed by atoms with van der Waals surface area (Å²) in [4.78, 5) is 14.4. The molecule has 1 aromatic rings. The second-order valence-electron chi connectivity index (χ2n) is 4.68. The molecule has 0 bridgehead atoms. The van der Waals surface area contributed by atoms with Crippen molar-refractivity contribution >= 4 is 34.5 Å². The van der Waals surface area contributed by atoms with Crippen LogP contribution < -0.4 is 16.0 Å². The van der Waals surface area contributed by atoms with E-state index in [1.807, 2.05) is 50.2 Å². The Morgan fingerprint density at radius 1 is 1.47 bits per heavy atom. The molecule has 0 saturated heterocycles. The first-order valence-corrected chi connectivity index (χ1v) is 6.74. The van der Waals surface area contributed by atoms with Crippen molar-refractivity contribution in [3.8, 4) is 0 Å². The fourth-order valence-corrected chi connectivity index (χ4v) is 2.01. The van der Waals surface area contributed by atoms with E-state index in [9.17, 15) is 4.79 Å². The van der Waals surface area contributed by atoms with E-state index < -0.39 is 5.92 Å². The van der Waals surface area contributed by atoms with Gasteiger partial charge in [-0.1, -0.05) is 31.6 Å².